The van der Waals surface area contributed by atoms with Crippen LogP contribution in [0.5, 0.6) is 11.5 Å². The summed E-state index contributed by atoms with van der Waals surface area (Å²) in [7, 11) is 1.21. The van der Waals surface area contributed by atoms with E-state index in [-0.39, 0.29) is 30.9 Å². The molecular weight excluding hydrogens is 459 g/mol. The summed E-state index contributed by atoms with van der Waals surface area (Å²) >= 11 is 0. The first-order valence-electron chi connectivity index (χ1n) is 10.0. The van der Waals surface area contributed by atoms with Crippen molar-refractivity contribution in [2.24, 2.45) is 0 Å². The van der Waals surface area contributed by atoms with E-state index >= 15 is 0 Å². The van der Waals surface area contributed by atoms with E-state index in [1.165, 1.54) is 25.2 Å². The number of nitrogens with zero attached hydrogens (tertiary/aromatic N) is 1. The molecule has 0 N–H and O–H groups in total. The minimum atomic E-state index is -4.80. The van der Waals surface area contributed by atoms with Gasteiger partial charge in [0.15, 0.2) is 0 Å². The third-order valence-electron chi connectivity index (χ3n) is 4.58. The molecule has 1 atom stereocenters. The number of rotatable bonds is 13. The van der Waals surface area contributed by atoms with Crippen LogP contribution in [0, 0.1) is 0 Å². The summed E-state index contributed by atoms with van der Waals surface area (Å²) in [5.74, 6) is -0.0863. The number of ether oxygens (including phenoxy) is 3. The Bertz CT molecular complexity index is 849. The zero-order valence-electron chi connectivity index (χ0n) is 17.7. The van der Waals surface area contributed by atoms with Crippen LogP contribution in [-0.4, -0.2) is 44.3 Å². The standard InChI is InChI=1S/C22H24F7NO3/c1-30(20(23)24)13-5-10-19(32-21(25)26)31-18-9-3-2-7-16(18)12-11-15-6-4-8-17(14-15)33-22(27,28)29/h2-4,6-9,14,19-21H,5,10-13H2,1H3/t19-/m1/s1. The average Bonchev–Trinajstić information content (AvgIpc) is 2.71. The Balaban J connectivity index is 2.03. The van der Waals surface area contributed by atoms with E-state index in [1.807, 2.05) is 0 Å². The summed E-state index contributed by atoms with van der Waals surface area (Å²) in [6.45, 7) is -5.82. The molecule has 0 radical (unpaired) electrons. The van der Waals surface area contributed by atoms with Crippen molar-refractivity contribution in [3.8, 4) is 11.5 Å². The lowest BCUT2D eigenvalue weighted by atomic mass is 10.0. The smallest absolute Gasteiger partial charge is 0.464 e. The lowest BCUT2D eigenvalue weighted by Crippen LogP contribution is -2.28. The number of hydrogen-bond donors (Lipinski definition) is 0. The fourth-order valence-corrected chi connectivity index (χ4v) is 3.02. The van der Waals surface area contributed by atoms with Gasteiger partial charge in [0.1, 0.15) is 11.5 Å². The molecule has 0 aliphatic heterocycles. The van der Waals surface area contributed by atoms with Gasteiger partial charge in [-0.15, -0.1) is 13.2 Å². The van der Waals surface area contributed by atoms with Crippen molar-refractivity contribution >= 4 is 0 Å². The van der Waals surface area contributed by atoms with E-state index in [0.717, 1.165) is 4.90 Å². The molecule has 0 bridgehead atoms. The van der Waals surface area contributed by atoms with Crippen molar-refractivity contribution in [1.82, 2.24) is 4.90 Å². The van der Waals surface area contributed by atoms with E-state index in [0.29, 0.717) is 24.0 Å². The van der Waals surface area contributed by atoms with Gasteiger partial charge >= 0.3 is 13.0 Å². The largest absolute Gasteiger partial charge is 0.573 e. The van der Waals surface area contributed by atoms with E-state index in [1.54, 1.807) is 30.3 Å². The minimum absolute atomic E-state index is 0.0396. The van der Waals surface area contributed by atoms with Crippen LogP contribution in [0.4, 0.5) is 30.7 Å². The van der Waals surface area contributed by atoms with Gasteiger partial charge in [0.05, 0.1) is 0 Å². The maximum absolute atomic E-state index is 12.8. The van der Waals surface area contributed by atoms with E-state index in [2.05, 4.69) is 9.47 Å². The summed E-state index contributed by atoms with van der Waals surface area (Å²) in [5, 5.41) is 0. The van der Waals surface area contributed by atoms with Gasteiger partial charge in [-0.05, 0) is 55.6 Å². The minimum Gasteiger partial charge on any atom is -0.464 e. The molecule has 0 aliphatic rings. The highest BCUT2D eigenvalue weighted by molar-refractivity contribution is 5.35. The molecule has 0 fully saturated rings. The molecule has 33 heavy (non-hydrogen) atoms. The Morgan fingerprint density at radius 2 is 1.67 bits per heavy atom. The molecule has 4 nitrogen and oxygen atoms in total. The topological polar surface area (TPSA) is 30.9 Å². The summed E-state index contributed by atoms with van der Waals surface area (Å²) in [5.41, 5.74) is 1.19. The summed E-state index contributed by atoms with van der Waals surface area (Å²) in [6, 6.07) is 12.1. The van der Waals surface area contributed by atoms with Gasteiger partial charge in [-0.1, -0.05) is 30.3 Å². The normalized spacial score (nSPS) is 13.1. The third kappa shape index (κ3) is 10.3. The van der Waals surface area contributed by atoms with Gasteiger partial charge in [-0.2, -0.15) is 17.6 Å². The fraction of sp³-hybridized carbons (Fsp3) is 0.455. The van der Waals surface area contributed by atoms with Crippen molar-refractivity contribution in [2.75, 3.05) is 13.6 Å². The van der Waals surface area contributed by atoms with E-state index < -0.39 is 25.8 Å². The van der Waals surface area contributed by atoms with Gasteiger partial charge in [0.25, 0.3) is 6.55 Å². The highest BCUT2D eigenvalue weighted by atomic mass is 19.4. The summed E-state index contributed by atoms with van der Waals surface area (Å²) in [6.07, 6.45) is -5.42. The van der Waals surface area contributed by atoms with Crippen LogP contribution in [0.15, 0.2) is 48.5 Å². The van der Waals surface area contributed by atoms with Crippen LogP contribution >= 0.6 is 0 Å². The predicted octanol–water partition coefficient (Wildman–Crippen LogP) is 6.25. The molecule has 0 saturated carbocycles. The quantitative estimate of drug-likeness (QED) is 0.192. The average molecular weight is 483 g/mol. The summed E-state index contributed by atoms with van der Waals surface area (Å²) in [4.78, 5) is 0.768. The number of alkyl halides is 7. The number of para-hydroxylation sites is 1. The molecule has 0 amide bonds. The van der Waals surface area contributed by atoms with Crippen molar-refractivity contribution in [3.63, 3.8) is 0 Å². The van der Waals surface area contributed by atoms with Gasteiger partial charge in [0.2, 0.25) is 6.29 Å². The molecule has 2 aromatic carbocycles. The zero-order chi connectivity index (χ0) is 24.4. The lowest BCUT2D eigenvalue weighted by Gasteiger charge is -2.22. The maximum atomic E-state index is 12.8. The maximum Gasteiger partial charge on any atom is 0.573 e. The Morgan fingerprint density at radius 3 is 2.33 bits per heavy atom. The number of halogens is 7. The van der Waals surface area contributed by atoms with Crippen LogP contribution in [0.2, 0.25) is 0 Å². The first-order chi connectivity index (χ1) is 15.5. The predicted molar refractivity (Wildman–Crippen MR) is 106 cm³/mol. The van der Waals surface area contributed by atoms with Gasteiger partial charge < -0.3 is 9.47 Å². The Hall–Kier alpha value is -2.53. The number of aryl methyl sites for hydroxylation is 2. The second kappa shape index (κ2) is 12.6. The first kappa shape index (κ1) is 26.7. The second-order valence-electron chi connectivity index (χ2n) is 7.15. The lowest BCUT2D eigenvalue weighted by molar-refractivity contribution is -0.274. The molecule has 0 saturated heterocycles. The van der Waals surface area contributed by atoms with Crippen LogP contribution in [0.3, 0.4) is 0 Å². The Labute approximate surface area is 186 Å². The monoisotopic (exact) mass is 483 g/mol. The molecule has 2 rings (SSSR count). The van der Waals surface area contributed by atoms with Gasteiger partial charge in [-0.25, -0.2) is 0 Å². The number of hydrogen-bond acceptors (Lipinski definition) is 4. The van der Waals surface area contributed by atoms with Crippen LogP contribution < -0.4 is 9.47 Å². The van der Waals surface area contributed by atoms with E-state index in [4.69, 9.17) is 4.74 Å². The number of benzene rings is 2. The van der Waals surface area contributed by atoms with Crippen molar-refractivity contribution < 1.29 is 44.9 Å². The van der Waals surface area contributed by atoms with E-state index in [9.17, 15) is 30.7 Å². The molecular formula is C22H24F7NO3. The van der Waals surface area contributed by atoms with Crippen molar-refractivity contribution in [3.05, 3.63) is 59.7 Å². The molecule has 0 aromatic heterocycles. The molecule has 11 heteroatoms. The van der Waals surface area contributed by atoms with Crippen molar-refractivity contribution in [2.45, 2.75) is 51.5 Å². The first-order valence-corrected chi connectivity index (χ1v) is 10.0. The molecule has 0 heterocycles. The SMILES string of the molecule is CN(CCC[C@H](Oc1ccccc1CCc1cccc(OC(F)(F)F)c1)OC(F)F)C(F)F. The van der Waals surface area contributed by atoms with Crippen LogP contribution in [-0.2, 0) is 17.6 Å². The molecule has 0 spiro atoms. The highest BCUT2D eigenvalue weighted by Gasteiger charge is 2.31. The fourth-order valence-electron chi connectivity index (χ4n) is 3.02. The van der Waals surface area contributed by atoms with Gasteiger partial charge in [0, 0.05) is 13.0 Å². The molecule has 0 aliphatic carbocycles. The molecule has 2 aromatic rings. The van der Waals surface area contributed by atoms with Crippen LogP contribution in [0.25, 0.3) is 0 Å². The molecule has 184 valence electrons. The van der Waals surface area contributed by atoms with Gasteiger partial charge in [-0.3, -0.25) is 9.64 Å². The van der Waals surface area contributed by atoms with Crippen LogP contribution in [0.1, 0.15) is 24.0 Å². The Kier molecular flexibility index (Phi) is 10.2. The second-order valence-corrected chi connectivity index (χ2v) is 7.15. The van der Waals surface area contributed by atoms with Crippen molar-refractivity contribution in [1.29, 1.82) is 0 Å². The highest BCUT2D eigenvalue weighted by Crippen LogP contribution is 2.26. The Morgan fingerprint density at radius 1 is 0.939 bits per heavy atom. The zero-order valence-corrected chi connectivity index (χ0v) is 17.7. The molecule has 0 unspecified atom stereocenters. The summed E-state index contributed by atoms with van der Waals surface area (Å²) < 4.78 is 102. The third-order valence-corrected chi connectivity index (χ3v) is 4.58.